The summed E-state index contributed by atoms with van der Waals surface area (Å²) < 4.78 is 55.0. The van der Waals surface area contributed by atoms with Crippen LogP contribution in [0.3, 0.4) is 0 Å². The molecule has 12 heteroatoms. The highest BCUT2D eigenvalue weighted by Crippen LogP contribution is 2.41. The van der Waals surface area contributed by atoms with E-state index in [4.69, 9.17) is 30.5 Å². The Bertz CT molecular complexity index is 1680. The lowest BCUT2D eigenvalue weighted by molar-refractivity contribution is -0.125. The third-order valence-corrected chi connectivity index (χ3v) is 9.81. The lowest BCUT2D eigenvalue weighted by atomic mass is 9.82. The fraction of sp³-hybridized carbons (Fsp3) is 0.424. The van der Waals surface area contributed by atoms with Crippen LogP contribution in [0.4, 0.5) is 8.78 Å². The number of carbonyl (C=O) groups is 1. The van der Waals surface area contributed by atoms with Crippen molar-refractivity contribution in [3.63, 3.8) is 0 Å². The molecule has 1 saturated heterocycles. The molecule has 0 unspecified atom stereocenters. The number of rotatable bonds is 14. The number of methoxy groups -OCH3 is 1. The van der Waals surface area contributed by atoms with Crippen LogP contribution in [0.15, 0.2) is 42.9 Å². The summed E-state index contributed by atoms with van der Waals surface area (Å²) in [4.78, 5) is 21.4. The van der Waals surface area contributed by atoms with Crippen molar-refractivity contribution in [2.45, 2.75) is 58.6 Å². The van der Waals surface area contributed by atoms with Crippen LogP contribution in [-0.2, 0) is 27.4 Å². The van der Waals surface area contributed by atoms with Gasteiger partial charge in [0.05, 0.1) is 25.7 Å². The highest BCUT2D eigenvalue weighted by molar-refractivity contribution is 6.76. The molecule has 1 aliphatic rings. The molecule has 1 fully saturated rings. The number of aromatic nitrogens is 3. The number of pyridine rings is 2. The fourth-order valence-electron chi connectivity index (χ4n) is 5.13. The molecule has 0 bridgehead atoms. The van der Waals surface area contributed by atoms with Crippen molar-refractivity contribution in [1.29, 1.82) is 0 Å². The van der Waals surface area contributed by atoms with E-state index in [2.05, 4.69) is 36.5 Å². The number of hydrogen-bond donors (Lipinski definition) is 0. The van der Waals surface area contributed by atoms with Gasteiger partial charge in [-0.2, -0.15) is 0 Å². The summed E-state index contributed by atoms with van der Waals surface area (Å²) in [5.74, 6) is -2.04. The second-order valence-electron chi connectivity index (χ2n) is 13.1. The normalized spacial score (nSPS) is 14.4. The topological polar surface area (TPSA) is 84.7 Å². The first-order valence-corrected chi connectivity index (χ1v) is 18.9. The third-order valence-electron chi connectivity index (χ3n) is 7.84. The summed E-state index contributed by atoms with van der Waals surface area (Å²) in [6, 6.07) is 6.53. The average Bonchev–Trinajstić information content (AvgIpc) is 3.34. The van der Waals surface area contributed by atoms with Crippen LogP contribution >= 0.6 is 11.6 Å². The van der Waals surface area contributed by atoms with Gasteiger partial charge >= 0.3 is 0 Å². The first kappa shape index (κ1) is 33.0. The smallest absolute Gasteiger partial charge is 0.232 e. The van der Waals surface area contributed by atoms with E-state index in [1.807, 2.05) is 10.8 Å². The van der Waals surface area contributed by atoms with Crippen LogP contribution in [0.2, 0.25) is 30.7 Å². The van der Waals surface area contributed by atoms with Crippen molar-refractivity contribution in [3.05, 3.63) is 65.1 Å². The minimum atomic E-state index is -1.30. The van der Waals surface area contributed by atoms with E-state index in [1.165, 1.54) is 13.3 Å². The Balaban J connectivity index is 1.44. The van der Waals surface area contributed by atoms with Crippen molar-refractivity contribution < 1.29 is 32.5 Å². The van der Waals surface area contributed by atoms with Crippen LogP contribution in [0.25, 0.3) is 22.2 Å². The summed E-state index contributed by atoms with van der Waals surface area (Å²) in [6.45, 7) is 10.9. The molecule has 3 aromatic heterocycles. The molecule has 240 valence electrons. The van der Waals surface area contributed by atoms with Crippen LogP contribution in [-0.4, -0.2) is 55.3 Å². The molecule has 4 aromatic rings. The second kappa shape index (κ2) is 13.5. The Kier molecular flexibility index (Phi) is 9.93. The Hall–Kier alpha value is -3.38. The van der Waals surface area contributed by atoms with Gasteiger partial charge in [0, 0.05) is 62.7 Å². The van der Waals surface area contributed by atoms with E-state index < -0.39 is 25.5 Å². The predicted molar refractivity (Wildman–Crippen MR) is 172 cm³/mol. The van der Waals surface area contributed by atoms with Gasteiger partial charge in [-0.3, -0.25) is 4.79 Å². The molecule has 45 heavy (non-hydrogen) atoms. The summed E-state index contributed by atoms with van der Waals surface area (Å²) in [6.07, 6.45) is 5.86. The monoisotopic (exact) mass is 657 g/mol. The number of hydrogen-bond acceptors (Lipinski definition) is 7. The number of carbonyl (C=O) groups excluding carboxylic acids is 1. The molecule has 1 aromatic carbocycles. The number of nitrogens with zero attached hydrogens (tertiary/aromatic N) is 3. The summed E-state index contributed by atoms with van der Waals surface area (Å²) >= 11 is 6.41. The minimum absolute atomic E-state index is 0.00908. The maximum Gasteiger partial charge on any atom is 0.232 e. The Morgan fingerprint density at radius 1 is 1.16 bits per heavy atom. The molecule has 1 aliphatic heterocycles. The zero-order chi connectivity index (χ0) is 32.4. The van der Waals surface area contributed by atoms with E-state index >= 15 is 8.78 Å². The van der Waals surface area contributed by atoms with Gasteiger partial charge in [-0.25, -0.2) is 18.7 Å². The first-order valence-electron chi connectivity index (χ1n) is 14.9. The zero-order valence-corrected chi connectivity index (χ0v) is 28.0. The quantitative estimate of drug-likeness (QED) is 0.100. The first-order chi connectivity index (χ1) is 21.4. The third kappa shape index (κ3) is 7.89. The molecular formula is C33H38ClF2N3O5Si. The molecule has 0 saturated carbocycles. The number of ketones is 1. The maximum atomic E-state index is 15.4. The minimum Gasteiger partial charge on any atom is -0.480 e. The Morgan fingerprint density at radius 2 is 1.89 bits per heavy atom. The molecule has 0 spiro atoms. The van der Waals surface area contributed by atoms with Crippen molar-refractivity contribution in [1.82, 2.24) is 14.5 Å². The lowest BCUT2D eigenvalue weighted by Crippen LogP contribution is -2.40. The summed E-state index contributed by atoms with van der Waals surface area (Å²) in [7, 11) is 0.176. The molecular weight excluding hydrogens is 620 g/mol. The predicted octanol–water partition coefficient (Wildman–Crippen LogP) is 8.07. The van der Waals surface area contributed by atoms with E-state index in [9.17, 15) is 4.79 Å². The van der Waals surface area contributed by atoms with Crippen molar-refractivity contribution in [2.75, 3.05) is 26.9 Å². The largest absolute Gasteiger partial charge is 0.480 e. The SMILES string of the molecule is COc1ncc(-c2cn(COCC[Si](C)(C)C)c3nccc(Oc4c(F)cc(CC(=O)CCC5(C)COC5)cc4F)c23)cc1Cl. The molecule has 8 nitrogen and oxygen atoms in total. The van der Waals surface area contributed by atoms with Gasteiger partial charge in [-0.15, -0.1) is 0 Å². The zero-order valence-electron chi connectivity index (χ0n) is 26.2. The lowest BCUT2D eigenvalue weighted by Gasteiger charge is -2.37. The Labute approximate surface area is 267 Å². The fourth-order valence-corrected chi connectivity index (χ4v) is 6.13. The van der Waals surface area contributed by atoms with Crippen LogP contribution in [0, 0.1) is 17.0 Å². The van der Waals surface area contributed by atoms with Crippen molar-refractivity contribution in [3.8, 4) is 28.5 Å². The van der Waals surface area contributed by atoms with Crippen molar-refractivity contribution in [2.24, 2.45) is 5.41 Å². The molecule has 5 rings (SSSR count). The van der Waals surface area contributed by atoms with E-state index in [0.29, 0.717) is 59.8 Å². The number of halogens is 3. The van der Waals surface area contributed by atoms with Crippen molar-refractivity contribution >= 4 is 36.5 Å². The van der Waals surface area contributed by atoms with E-state index in [0.717, 1.165) is 18.2 Å². The maximum absolute atomic E-state index is 15.4. The van der Waals surface area contributed by atoms with Gasteiger partial charge in [0.25, 0.3) is 0 Å². The van der Waals surface area contributed by atoms with Crippen LogP contribution < -0.4 is 9.47 Å². The highest BCUT2D eigenvalue weighted by Gasteiger charge is 2.33. The number of fused-ring (bicyclic) bond motifs is 1. The Morgan fingerprint density at radius 3 is 2.51 bits per heavy atom. The molecule has 0 N–H and O–H groups in total. The number of Topliss-reactive ketones (excluding diaryl/α,β-unsaturated/α-hetero) is 1. The molecule has 0 radical (unpaired) electrons. The van der Waals surface area contributed by atoms with Gasteiger partial charge in [0.15, 0.2) is 17.4 Å². The highest BCUT2D eigenvalue weighted by atomic mass is 35.5. The van der Waals surface area contributed by atoms with Gasteiger partial charge in [0.1, 0.15) is 28.9 Å². The summed E-state index contributed by atoms with van der Waals surface area (Å²) in [5.41, 5.74) is 1.99. The van der Waals surface area contributed by atoms with Crippen LogP contribution in [0.5, 0.6) is 17.4 Å². The van der Waals surface area contributed by atoms with Gasteiger partial charge in [-0.1, -0.05) is 38.2 Å². The molecule has 0 amide bonds. The molecule has 0 aliphatic carbocycles. The number of benzene rings is 1. The van der Waals surface area contributed by atoms with Gasteiger partial charge < -0.3 is 23.5 Å². The standard InChI is InChI=1S/C33H38ClF2N3O5Si/c1-33(18-43-19-33)8-6-23(40)12-21-13-26(35)30(27(36)14-21)44-28-7-9-37-31-29(28)24(22-15-25(34)32(41-2)38-16-22)17-39(31)20-42-10-11-45(3,4)5/h7,9,13-17H,6,8,10-12,18-20H2,1-5H3. The van der Waals surface area contributed by atoms with E-state index in [-0.39, 0.29) is 41.5 Å². The second-order valence-corrected chi connectivity index (χ2v) is 19.1. The average molecular weight is 658 g/mol. The molecule has 0 atom stereocenters. The number of ether oxygens (including phenoxy) is 4. The van der Waals surface area contributed by atoms with Crippen LogP contribution in [0.1, 0.15) is 25.3 Å². The molecule has 4 heterocycles. The van der Waals surface area contributed by atoms with E-state index in [1.54, 1.807) is 18.3 Å². The summed E-state index contributed by atoms with van der Waals surface area (Å²) in [5, 5.41) is 0.798. The van der Waals surface area contributed by atoms with Gasteiger partial charge in [0.2, 0.25) is 5.88 Å². The van der Waals surface area contributed by atoms with Gasteiger partial charge in [-0.05, 0) is 42.3 Å².